The highest BCUT2D eigenvalue weighted by Crippen LogP contribution is 2.11. The fourth-order valence-corrected chi connectivity index (χ4v) is 1.31. The first-order valence-corrected chi connectivity index (χ1v) is 4.57. The largest absolute Gasteiger partial charge is 0.476 e. The molecule has 0 fully saturated rings. The minimum Gasteiger partial charge on any atom is -0.476 e. The van der Waals surface area contributed by atoms with Crippen molar-refractivity contribution in [2.75, 3.05) is 0 Å². The Bertz CT molecular complexity index is 575. The summed E-state index contributed by atoms with van der Waals surface area (Å²) in [4.78, 5) is 28.3. The molecule has 0 aliphatic carbocycles. The van der Waals surface area contributed by atoms with E-state index in [0.29, 0.717) is 5.56 Å². The van der Waals surface area contributed by atoms with E-state index in [2.05, 4.69) is 9.97 Å². The Kier molecular flexibility index (Phi) is 2.51. The van der Waals surface area contributed by atoms with Crippen LogP contribution in [-0.4, -0.2) is 21.0 Å². The molecule has 0 unspecified atom stereocenters. The van der Waals surface area contributed by atoms with E-state index in [0.717, 1.165) is 6.20 Å². The molecule has 1 heterocycles. The molecule has 0 bridgehead atoms. The van der Waals surface area contributed by atoms with Crippen LogP contribution < -0.4 is 5.56 Å². The number of nitrogens with zero attached hydrogens (tertiary/aromatic N) is 1. The maximum atomic E-state index is 11.5. The predicted molar refractivity (Wildman–Crippen MR) is 57.3 cm³/mol. The van der Waals surface area contributed by atoms with Gasteiger partial charge in [-0.2, -0.15) is 0 Å². The highest BCUT2D eigenvalue weighted by molar-refractivity contribution is 5.85. The number of aromatic carboxylic acids is 1. The molecule has 5 nitrogen and oxygen atoms in total. The SMILES string of the molecule is O=C(O)c1c[nH]c(=O)c(-c2ccccc2)n1. The molecule has 5 heteroatoms. The van der Waals surface area contributed by atoms with Crippen LogP contribution in [0.25, 0.3) is 11.3 Å². The van der Waals surface area contributed by atoms with Crippen LogP contribution in [0.2, 0.25) is 0 Å². The number of hydrogen-bond donors (Lipinski definition) is 2. The standard InChI is InChI=1S/C11H8N2O3/c14-10-9(7-4-2-1-3-5-7)13-8(6-12-10)11(15)16/h1-6H,(H,12,14)(H,15,16). The second-order valence-electron chi connectivity index (χ2n) is 3.13. The molecule has 0 saturated carbocycles. The van der Waals surface area contributed by atoms with Crippen molar-refractivity contribution >= 4 is 5.97 Å². The highest BCUT2D eigenvalue weighted by Gasteiger charge is 2.10. The lowest BCUT2D eigenvalue weighted by Crippen LogP contribution is -2.14. The number of benzene rings is 1. The lowest BCUT2D eigenvalue weighted by molar-refractivity contribution is 0.0690. The number of carboxylic acid groups (broad SMARTS) is 1. The minimum atomic E-state index is -1.17. The quantitative estimate of drug-likeness (QED) is 0.788. The normalized spacial score (nSPS) is 10.0. The van der Waals surface area contributed by atoms with E-state index >= 15 is 0 Å². The van der Waals surface area contributed by atoms with Crippen LogP contribution in [0.1, 0.15) is 10.5 Å². The molecule has 0 spiro atoms. The zero-order valence-corrected chi connectivity index (χ0v) is 8.18. The van der Waals surface area contributed by atoms with Crippen molar-refractivity contribution in [1.29, 1.82) is 0 Å². The molecule has 0 saturated heterocycles. The average Bonchev–Trinajstić information content (AvgIpc) is 2.30. The maximum absolute atomic E-state index is 11.5. The number of hydrogen-bond acceptors (Lipinski definition) is 3. The molecule has 0 radical (unpaired) electrons. The molecule has 1 aromatic carbocycles. The smallest absolute Gasteiger partial charge is 0.356 e. The second kappa shape index (κ2) is 3.98. The van der Waals surface area contributed by atoms with E-state index in [1.807, 2.05) is 0 Å². The number of rotatable bonds is 2. The molecule has 0 amide bonds. The molecule has 0 atom stereocenters. The van der Waals surface area contributed by atoms with Gasteiger partial charge in [-0.25, -0.2) is 9.78 Å². The zero-order valence-electron chi connectivity index (χ0n) is 8.18. The summed E-state index contributed by atoms with van der Waals surface area (Å²) in [6.45, 7) is 0. The first-order chi connectivity index (χ1) is 7.68. The first-order valence-electron chi connectivity index (χ1n) is 4.57. The van der Waals surface area contributed by atoms with Crippen LogP contribution in [0.15, 0.2) is 41.3 Å². The van der Waals surface area contributed by atoms with Crippen molar-refractivity contribution in [3.8, 4) is 11.3 Å². The van der Waals surface area contributed by atoms with Crippen molar-refractivity contribution in [2.24, 2.45) is 0 Å². The van der Waals surface area contributed by atoms with E-state index in [1.54, 1.807) is 30.3 Å². The van der Waals surface area contributed by atoms with Crippen LogP contribution in [0.3, 0.4) is 0 Å². The topological polar surface area (TPSA) is 83.0 Å². The van der Waals surface area contributed by atoms with Gasteiger partial charge < -0.3 is 10.1 Å². The van der Waals surface area contributed by atoms with E-state index in [-0.39, 0.29) is 11.4 Å². The summed E-state index contributed by atoms with van der Waals surface area (Å²) in [7, 11) is 0. The van der Waals surface area contributed by atoms with E-state index in [9.17, 15) is 9.59 Å². The average molecular weight is 216 g/mol. The van der Waals surface area contributed by atoms with E-state index in [4.69, 9.17) is 5.11 Å². The molecule has 1 aromatic heterocycles. The van der Waals surface area contributed by atoms with Gasteiger partial charge in [0, 0.05) is 11.8 Å². The van der Waals surface area contributed by atoms with Gasteiger partial charge in [-0.3, -0.25) is 4.79 Å². The minimum absolute atomic E-state index is 0.112. The Balaban J connectivity index is 2.61. The number of aromatic nitrogens is 2. The Morgan fingerprint density at radius 2 is 1.94 bits per heavy atom. The predicted octanol–water partition coefficient (Wildman–Crippen LogP) is 1.14. The van der Waals surface area contributed by atoms with Crippen molar-refractivity contribution in [2.45, 2.75) is 0 Å². The van der Waals surface area contributed by atoms with Gasteiger partial charge in [-0.05, 0) is 0 Å². The summed E-state index contributed by atoms with van der Waals surface area (Å²) in [5.41, 5.74) is 0.113. The highest BCUT2D eigenvalue weighted by atomic mass is 16.4. The summed E-state index contributed by atoms with van der Waals surface area (Å²) in [5.74, 6) is -1.17. The third-order valence-corrected chi connectivity index (χ3v) is 2.05. The van der Waals surface area contributed by atoms with Gasteiger partial charge in [0.2, 0.25) is 0 Å². The first kappa shape index (κ1) is 10.1. The van der Waals surface area contributed by atoms with Crippen LogP contribution in [-0.2, 0) is 0 Å². The van der Waals surface area contributed by atoms with Crippen LogP contribution in [0.5, 0.6) is 0 Å². The number of H-pyrrole nitrogens is 1. The van der Waals surface area contributed by atoms with Crippen molar-refractivity contribution in [3.63, 3.8) is 0 Å². The molecule has 2 rings (SSSR count). The molecule has 80 valence electrons. The lowest BCUT2D eigenvalue weighted by Gasteiger charge is -2.00. The van der Waals surface area contributed by atoms with Gasteiger partial charge in [-0.1, -0.05) is 30.3 Å². The Morgan fingerprint density at radius 1 is 1.25 bits per heavy atom. The third-order valence-electron chi connectivity index (χ3n) is 2.05. The number of nitrogens with one attached hydrogen (secondary N) is 1. The molecular weight excluding hydrogens is 208 g/mol. The molecule has 0 aliphatic heterocycles. The second-order valence-corrected chi connectivity index (χ2v) is 3.13. The summed E-state index contributed by atoms with van der Waals surface area (Å²) in [6, 6.07) is 8.71. The van der Waals surface area contributed by atoms with Crippen LogP contribution in [0, 0.1) is 0 Å². The Labute approximate surface area is 90.4 Å². The molecule has 0 aliphatic rings. The van der Waals surface area contributed by atoms with Gasteiger partial charge in [-0.15, -0.1) is 0 Å². The summed E-state index contributed by atoms with van der Waals surface area (Å²) >= 11 is 0. The van der Waals surface area contributed by atoms with Crippen molar-refractivity contribution < 1.29 is 9.90 Å². The Hall–Kier alpha value is -2.43. The molecule has 2 aromatic rings. The van der Waals surface area contributed by atoms with Gasteiger partial charge in [0.15, 0.2) is 5.69 Å². The molecule has 2 N–H and O–H groups in total. The van der Waals surface area contributed by atoms with E-state index in [1.165, 1.54) is 0 Å². The maximum Gasteiger partial charge on any atom is 0.356 e. The zero-order chi connectivity index (χ0) is 11.5. The van der Waals surface area contributed by atoms with Gasteiger partial charge in [0.05, 0.1) is 0 Å². The van der Waals surface area contributed by atoms with Gasteiger partial charge in [0.1, 0.15) is 5.69 Å². The number of carboxylic acids is 1. The van der Waals surface area contributed by atoms with Crippen LogP contribution in [0.4, 0.5) is 0 Å². The summed E-state index contributed by atoms with van der Waals surface area (Å²) < 4.78 is 0. The van der Waals surface area contributed by atoms with Crippen LogP contribution >= 0.6 is 0 Å². The Morgan fingerprint density at radius 3 is 2.56 bits per heavy atom. The van der Waals surface area contributed by atoms with Crippen molar-refractivity contribution in [1.82, 2.24) is 9.97 Å². The third kappa shape index (κ3) is 1.83. The number of carbonyl (C=O) groups is 1. The number of aromatic amines is 1. The van der Waals surface area contributed by atoms with E-state index < -0.39 is 11.5 Å². The van der Waals surface area contributed by atoms with Gasteiger partial charge in [0.25, 0.3) is 5.56 Å². The fourth-order valence-electron chi connectivity index (χ4n) is 1.31. The fraction of sp³-hybridized carbons (Fsp3) is 0. The monoisotopic (exact) mass is 216 g/mol. The molecule has 16 heavy (non-hydrogen) atoms. The van der Waals surface area contributed by atoms with Gasteiger partial charge >= 0.3 is 5.97 Å². The lowest BCUT2D eigenvalue weighted by atomic mass is 10.1. The summed E-state index contributed by atoms with van der Waals surface area (Å²) in [6.07, 6.45) is 1.08. The summed E-state index contributed by atoms with van der Waals surface area (Å²) in [5, 5.41) is 8.76. The molecular formula is C11H8N2O3. The van der Waals surface area contributed by atoms with Crippen molar-refractivity contribution in [3.05, 3.63) is 52.6 Å².